The number of rotatable bonds is 7. The maximum absolute atomic E-state index is 6.11. The van der Waals surface area contributed by atoms with Crippen LogP contribution in [0.5, 0.6) is 11.5 Å². The Balaban J connectivity index is 2.19. The lowest BCUT2D eigenvalue weighted by atomic mass is 10.2. The summed E-state index contributed by atoms with van der Waals surface area (Å²) in [5.41, 5.74) is 3.21. The van der Waals surface area contributed by atoms with Crippen LogP contribution in [0.15, 0.2) is 36.4 Å². The van der Waals surface area contributed by atoms with Crippen LogP contribution < -0.4 is 10.1 Å². The van der Waals surface area contributed by atoms with Gasteiger partial charge < -0.3 is 10.1 Å². The van der Waals surface area contributed by atoms with Crippen LogP contribution >= 0.6 is 0 Å². The lowest BCUT2D eigenvalue weighted by Crippen LogP contribution is -2.14. The van der Waals surface area contributed by atoms with Crippen molar-refractivity contribution in [3.63, 3.8) is 0 Å². The Hall–Kier alpha value is -1.87. The summed E-state index contributed by atoms with van der Waals surface area (Å²) in [4.78, 5) is 4.55. The predicted molar refractivity (Wildman–Crippen MR) is 86.9 cm³/mol. The van der Waals surface area contributed by atoms with E-state index < -0.39 is 0 Å². The van der Waals surface area contributed by atoms with Crippen molar-refractivity contribution in [2.45, 2.75) is 40.2 Å². The Morgan fingerprint density at radius 3 is 2.62 bits per heavy atom. The SMILES string of the molecule is CCCNCc1ccccc1Oc1ccc(C)nc1CC. The van der Waals surface area contributed by atoms with Gasteiger partial charge in [-0.25, -0.2) is 0 Å². The third-order valence-electron chi connectivity index (χ3n) is 3.34. The van der Waals surface area contributed by atoms with Crippen molar-refractivity contribution in [3.8, 4) is 11.5 Å². The smallest absolute Gasteiger partial charge is 0.148 e. The molecule has 0 spiro atoms. The first-order valence-corrected chi connectivity index (χ1v) is 7.67. The highest BCUT2D eigenvalue weighted by atomic mass is 16.5. The van der Waals surface area contributed by atoms with Crippen molar-refractivity contribution in [1.82, 2.24) is 10.3 Å². The molecule has 0 aliphatic heterocycles. The van der Waals surface area contributed by atoms with Gasteiger partial charge in [0.15, 0.2) is 0 Å². The second-order valence-corrected chi connectivity index (χ2v) is 5.14. The van der Waals surface area contributed by atoms with Gasteiger partial charge in [-0.3, -0.25) is 4.98 Å². The van der Waals surface area contributed by atoms with E-state index in [1.807, 2.05) is 37.3 Å². The quantitative estimate of drug-likeness (QED) is 0.772. The van der Waals surface area contributed by atoms with Gasteiger partial charge in [-0.2, -0.15) is 0 Å². The van der Waals surface area contributed by atoms with Crippen molar-refractivity contribution in [3.05, 3.63) is 53.3 Å². The van der Waals surface area contributed by atoms with E-state index in [4.69, 9.17) is 4.74 Å². The number of nitrogens with zero attached hydrogens (tertiary/aromatic N) is 1. The molecule has 1 N–H and O–H groups in total. The molecule has 1 aromatic heterocycles. The topological polar surface area (TPSA) is 34.1 Å². The Bertz CT molecular complexity index is 581. The van der Waals surface area contributed by atoms with Crippen LogP contribution in [-0.2, 0) is 13.0 Å². The maximum atomic E-state index is 6.11. The molecule has 0 saturated heterocycles. The zero-order chi connectivity index (χ0) is 15.1. The molecular formula is C18H24N2O. The monoisotopic (exact) mass is 284 g/mol. The van der Waals surface area contributed by atoms with E-state index in [0.29, 0.717) is 0 Å². The molecule has 2 aromatic rings. The number of hydrogen-bond acceptors (Lipinski definition) is 3. The third-order valence-corrected chi connectivity index (χ3v) is 3.34. The van der Waals surface area contributed by atoms with Gasteiger partial charge in [0.1, 0.15) is 11.5 Å². The molecule has 1 aromatic carbocycles. The molecule has 3 nitrogen and oxygen atoms in total. The number of benzene rings is 1. The van der Waals surface area contributed by atoms with E-state index in [2.05, 4.69) is 30.2 Å². The fraction of sp³-hybridized carbons (Fsp3) is 0.389. The van der Waals surface area contributed by atoms with Crippen LogP contribution in [-0.4, -0.2) is 11.5 Å². The molecule has 0 unspecified atom stereocenters. The second kappa shape index (κ2) is 7.79. The number of ether oxygens (including phenoxy) is 1. The first kappa shape index (κ1) is 15.5. The summed E-state index contributed by atoms with van der Waals surface area (Å²) >= 11 is 0. The summed E-state index contributed by atoms with van der Waals surface area (Å²) in [6.45, 7) is 8.11. The number of hydrogen-bond donors (Lipinski definition) is 1. The molecule has 21 heavy (non-hydrogen) atoms. The van der Waals surface area contributed by atoms with E-state index in [-0.39, 0.29) is 0 Å². The minimum Gasteiger partial charge on any atom is -0.455 e. The first-order chi connectivity index (χ1) is 10.2. The van der Waals surface area contributed by atoms with Gasteiger partial charge in [-0.1, -0.05) is 32.0 Å². The normalized spacial score (nSPS) is 10.6. The molecule has 0 aliphatic rings. The van der Waals surface area contributed by atoms with Crippen molar-refractivity contribution in [2.75, 3.05) is 6.54 Å². The molecule has 0 atom stereocenters. The lowest BCUT2D eigenvalue weighted by Gasteiger charge is -2.14. The minimum absolute atomic E-state index is 0.824. The van der Waals surface area contributed by atoms with Crippen molar-refractivity contribution in [2.24, 2.45) is 0 Å². The number of para-hydroxylation sites is 1. The zero-order valence-electron chi connectivity index (χ0n) is 13.1. The summed E-state index contributed by atoms with van der Waals surface area (Å²) in [5.74, 6) is 1.76. The second-order valence-electron chi connectivity index (χ2n) is 5.14. The Labute approximate surface area is 127 Å². The molecule has 112 valence electrons. The van der Waals surface area contributed by atoms with Crippen LogP contribution in [0.2, 0.25) is 0 Å². The van der Waals surface area contributed by atoms with Crippen molar-refractivity contribution in [1.29, 1.82) is 0 Å². The molecular weight excluding hydrogens is 260 g/mol. The molecule has 3 heteroatoms. The third kappa shape index (κ3) is 4.30. The molecule has 0 aliphatic carbocycles. The standard InChI is InChI=1S/C18H24N2O/c1-4-12-19-13-15-8-6-7-9-17(15)21-18-11-10-14(3)20-16(18)5-2/h6-11,19H,4-5,12-13H2,1-3H3. The number of nitrogens with one attached hydrogen (secondary N) is 1. The molecule has 1 heterocycles. The number of aryl methyl sites for hydroxylation is 2. The summed E-state index contributed by atoms with van der Waals surface area (Å²) in [5, 5.41) is 3.42. The van der Waals surface area contributed by atoms with E-state index in [0.717, 1.165) is 48.8 Å². The van der Waals surface area contributed by atoms with E-state index in [9.17, 15) is 0 Å². The number of pyridine rings is 1. The zero-order valence-corrected chi connectivity index (χ0v) is 13.1. The average molecular weight is 284 g/mol. The van der Waals surface area contributed by atoms with Gasteiger partial charge >= 0.3 is 0 Å². The predicted octanol–water partition coefficient (Wildman–Crippen LogP) is 4.24. The highest BCUT2D eigenvalue weighted by Gasteiger charge is 2.08. The van der Waals surface area contributed by atoms with Crippen molar-refractivity contribution >= 4 is 0 Å². The fourth-order valence-electron chi connectivity index (χ4n) is 2.21. The first-order valence-electron chi connectivity index (χ1n) is 7.67. The fourth-order valence-corrected chi connectivity index (χ4v) is 2.21. The van der Waals surface area contributed by atoms with Gasteiger partial charge in [0.25, 0.3) is 0 Å². The Morgan fingerprint density at radius 2 is 1.86 bits per heavy atom. The van der Waals surface area contributed by atoms with Gasteiger partial charge in [0, 0.05) is 17.8 Å². The van der Waals surface area contributed by atoms with Gasteiger partial charge in [-0.15, -0.1) is 0 Å². The molecule has 0 saturated carbocycles. The highest BCUT2D eigenvalue weighted by molar-refractivity contribution is 5.39. The molecule has 0 amide bonds. The van der Waals surface area contributed by atoms with Gasteiger partial charge in [0.05, 0.1) is 5.69 Å². The van der Waals surface area contributed by atoms with E-state index >= 15 is 0 Å². The largest absolute Gasteiger partial charge is 0.455 e. The molecule has 2 rings (SSSR count). The van der Waals surface area contributed by atoms with Crippen LogP contribution in [0.3, 0.4) is 0 Å². The molecule has 0 fully saturated rings. The Morgan fingerprint density at radius 1 is 1.05 bits per heavy atom. The van der Waals surface area contributed by atoms with Crippen molar-refractivity contribution < 1.29 is 4.74 Å². The van der Waals surface area contributed by atoms with Gasteiger partial charge in [0.2, 0.25) is 0 Å². The molecule has 0 radical (unpaired) electrons. The van der Waals surface area contributed by atoms with Gasteiger partial charge in [-0.05, 0) is 44.5 Å². The van der Waals surface area contributed by atoms with Crippen LogP contribution in [0.4, 0.5) is 0 Å². The summed E-state index contributed by atoms with van der Waals surface area (Å²) in [7, 11) is 0. The average Bonchev–Trinajstić information content (AvgIpc) is 2.51. The maximum Gasteiger partial charge on any atom is 0.148 e. The van der Waals surface area contributed by atoms with Crippen LogP contribution in [0.25, 0.3) is 0 Å². The lowest BCUT2D eigenvalue weighted by molar-refractivity contribution is 0.463. The summed E-state index contributed by atoms with van der Waals surface area (Å²) < 4.78 is 6.11. The highest BCUT2D eigenvalue weighted by Crippen LogP contribution is 2.27. The summed E-state index contributed by atoms with van der Waals surface area (Å²) in [6, 6.07) is 12.2. The van der Waals surface area contributed by atoms with Crippen LogP contribution in [0.1, 0.15) is 37.2 Å². The summed E-state index contributed by atoms with van der Waals surface area (Å²) in [6.07, 6.45) is 2.00. The van der Waals surface area contributed by atoms with E-state index in [1.54, 1.807) is 0 Å². The van der Waals surface area contributed by atoms with E-state index in [1.165, 1.54) is 5.56 Å². The number of aromatic nitrogens is 1. The Kier molecular flexibility index (Phi) is 5.76. The molecule has 0 bridgehead atoms. The minimum atomic E-state index is 0.824. The van der Waals surface area contributed by atoms with Crippen LogP contribution in [0, 0.1) is 6.92 Å².